The molecule has 6 heteroatoms. The Morgan fingerprint density at radius 3 is 2.45 bits per heavy atom. The van der Waals surface area contributed by atoms with Crippen molar-refractivity contribution < 1.29 is 24.8 Å². The van der Waals surface area contributed by atoms with Gasteiger partial charge >= 0.3 is 0 Å². The van der Waals surface area contributed by atoms with Gasteiger partial charge < -0.3 is 24.8 Å². The van der Waals surface area contributed by atoms with E-state index >= 15 is 0 Å². The first-order valence-corrected chi connectivity index (χ1v) is 11.7. The topological polar surface area (TPSA) is 82.4 Å². The minimum absolute atomic E-state index is 0.00888. The Balaban J connectivity index is 1.61. The molecule has 0 aromatic carbocycles. The van der Waals surface area contributed by atoms with Crippen LogP contribution < -0.4 is 0 Å². The maximum Gasteiger partial charge on any atom is 0.0802 e. The Bertz CT molecular complexity index is 719. The van der Waals surface area contributed by atoms with E-state index < -0.39 is 23.9 Å². The highest BCUT2D eigenvalue weighted by molar-refractivity contribution is 5.33. The van der Waals surface area contributed by atoms with Crippen LogP contribution in [0, 0.1) is 40.4 Å². The zero-order valence-corrected chi connectivity index (χ0v) is 18.1. The maximum absolute atomic E-state index is 11.7. The van der Waals surface area contributed by atoms with Gasteiger partial charge in [-0.05, 0) is 31.2 Å². The number of aliphatic hydroxyl groups is 3. The van der Waals surface area contributed by atoms with Crippen molar-refractivity contribution in [3.63, 3.8) is 0 Å². The largest absolute Gasteiger partial charge is 0.392 e. The quantitative estimate of drug-likeness (QED) is 0.644. The number of likely N-dealkylation sites (tertiary alicyclic amines) is 1. The lowest BCUT2D eigenvalue weighted by Gasteiger charge is -2.69. The average molecular weight is 408 g/mol. The van der Waals surface area contributed by atoms with Crippen molar-refractivity contribution in [2.75, 3.05) is 27.3 Å². The van der Waals surface area contributed by atoms with Crippen LogP contribution in [0.3, 0.4) is 0 Å². The summed E-state index contributed by atoms with van der Waals surface area (Å²) in [7, 11) is 3.59. The summed E-state index contributed by atoms with van der Waals surface area (Å²) in [6.45, 7) is 6.27. The molecule has 6 nitrogen and oxygen atoms in total. The van der Waals surface area contributed by atoms with Crippen molar-refractivity contribution in [3.05, 3.63) is 0 Å². The number of hydrogen-bond acceptors (Lipinski definition) is 6. The third kappa shape index (κ3) is 1.81. The van der Waals surface area contributed by atoms with E-state index in [9.17, 15) is 15.3 Å². The number of piperidine rings is 1. The Morgan fingerprint density at radius 1 is 1.03 bits per heavy atom. The van der Waals surface area contributed by atoms with E-state index in [2.05, 4.69) is 18.7 Å². The Kier molecular flexibility index (Phi) is 3.86. The molecule has 3 N–H and O–H groups in total. The Morgan fingerprint density at radius 2 is 1.79 bits per heavy atom. The Hall–Kier alpha value is -0.240. The van der Waals surface area contributed by atoms with Crippen molar-refractivity contribution in [1.82, 2.24) is 4.90 Å². The lowest BCUT2D eigenvalue weighted by Crippen LogP contribution is -2.77. The second-order valence-electron chi connectivity index (χ2n) is 11.3. The number of fused-ring (bicyclic) bond motifs is 2. The average Bonchev–Trinajstić information content (AvgIpc) is 3.12. The van der Waals surface area contributed by atoms with E-state index in [0.717, 1.165) is 32.4 Å². The second-order valence-corrected chi connectivity index (χ2v) is 11.3. The molecule has 1 saturated heterocycles. The normalized spacial score (nSPS) is 65.1. The minimum Gasteiger partial charge on any atom is -0.392 e. The summed E-state index contributed by atoms with van der Waals surface area (Å²) >= 11 is 0. The van der Waals surface area contributed by atoms with Gasteiger partial charge in [-0.1, -0.05) is 13.8 Å². The van der Waals surface area contributed by atoms with Crippen LogP contribution in [0.2, 0.25) is 0 Å². The SMILES string of the molecule is CCN1CC2(C)C(O)CC(O)C34C5CC6C(OC)CC(OC)(C(CC23)C14)C5C6O. The van der Waals surface area contributed by atoms with Crippen LogP contribution in [0.4, 0.5) is 0 Å². The molecule has 0 radical (unpaired) electrons. The summed E-state index contributed by atoms with van der Waals surface area (Å²) in [5.41, 5.74) is -0.871. The zero-order chi connectivity index (χ0) is 20.5. The zero-order valence-electron chi connectivity index (χ0n) is 18.1. The van der Waals surface area contributed by atoms with E-state index in [0.29, 0.717) is 6.42 Å². The van der Waals surface area contributed by atoms with Gasteiger partial charge in [0.25, 0.3) is 0 Å². The molecule has 1 aliphatic heterocycles. The number of ether oxygens (including phenoxy) is 2. The highest BCUT2D eigenvalue weighted by atomic mass is 16.5. The molecule has 29 heavy (non-hydrogen) atoms. The number of rotatable bonds is 3. The molecule has 5 aliphatic carbocycles. The fourth-order valence-corrected chi connectivity index (χ4v) is 10.4. The van der Waals surface area contributed by atoms with Crippen LogP contribution in [0.1, 0.15) is 39.5 Å². The van der Waals surface area contributed by atoms with Crippen molar-refractivity contribution in [2.24, 2.45) is 40.4 Å². The van der Waals surface area contributed by atoms with Crippen LogP contribution >= 0.6 is 0 Å². The predicted molar refractivity (Wildman–Crippen MR) is 106 cm³/mol. The number of aliphatic hydroxyl groups excluding tert-OH is 3. The molecule has 1 heterocycles. The fraction of sp³-hybridized carbons (Fsp3) is 1.00. The number of methoxy groups -OCH3 is 2. The van der Waals surface area contributed by atoms with Gasteiger partial charge in [-0.25, -0.2) is 0 Å². The summed E-state index contributed by atoms with van der Waals surface area (Å²) in [4.78, 5) is 2.55. The smallest absolute Gasteiger partial charge is 0.0802 e. The van der Waals surface area contributed by atoms with E-state index in [-0.39, 0.29) is 52.6 Å². The molecule has 1 spiro atoms. The van der Waals surface area contributed by atoms with Gasteiger partial charge in [-0.3, -0.25) is 4.90 Å². The van der Waals surface area contributed by atoms with Crippen molar-refractivity contribution >= 4 is 0 Å². The van der Waals surface area contributed by atoms with Crippen LogP contribution in [-0.2, 0) is 9.47 Å². The molecule has 0 aromatic heterocycles. The van der Waals surface area contributed by atoms with Gasteiger partial charge in [0.15, 0.2) is 0 Å². The maximum atomic E-state index is 11.7. The standard InChI is InChI=1S/C23H37NO5/c1-5-24-10-21(2)15-7-13-20(24)23(15,17(26)8-16(21)25)12-6-11-14(28-3)9-22(13,29-4)18(12)19(11)27/h11-20,25-27H,5-10H2,1-4H3. The molecule has 0 amide bonds. The van der Waals surface area contributed by atoms with Crippen molar-refractivity contribution in [3.8, 4) is 0 Å². The molecular formula is C23H37NO5. The number of hydrogen-bond donors (Lipinski definition) is 3. The van der Waals surface area contributed by atoms with Crippen LogP contribution in [-0.4, -0.2) is 83.6 Å². The first-order valence-electron chi connectivity index (χ1n) is 11.7. The fourth-order valence-electron chi connectivity index (χ4n) is 10.4. The molecule has 164 valence electrons. The van der Waals surface area contributed by atoms with Gasteiger partial charge in [-0.15, -0.1) is 0 Å². The first-order chi connectivity index (χ1) is 13.8. The van der Waals surface area contributed by atoms with E-state index in [1.807, 2.05) is 7.11 Å². The van der Waals surface area contributed by atoms with Crippen LogP contribution in [0.5, 0.6) is 0 Å². The molecule has 0 aromatic rings. The van der Waals surface area contributed by atoms with Gasteiger partial charge in [0, 0.05) is 68.2 Å². The first kappa shape index (κ1) is 19.4. The minimum atomic E-state index is -0.521. The van der Waals surface area contributed by atoms with Gasteiger partial charge in [-0.2, -0.15) is 0 Å². The van der Waals surface area contributed by atoms with Crippen molar-refractivity contribution in [2.45, 2.75) is 75.6 Å². The highest BCUT2D eigenvalue weighted by Crippen LogP contribution is 2.79. The summed E-state index contributed by atoms with van der Waals surface area (Å²) < 4.78 is 12.4. The molecule has 13 atom stereocenters. The van der Waals surface area contributed by atoms with E-state index in [1.54, 1.807) is 7.11 Å². The third-order valence-electron chi connectivity index (χ3n) is 11.2. The van der Waals surface area contributed by atoms with E-state index in [1.165, 1.54) is 0 Å². The molecule has 6 aliphatic rings. The summed E-state index contributed by atoms with van der Waals surface area (Å²) in [6, 6.07) is 0.260. The van der Waals surface area contributed by atoms with Crippen LogP contribution in [0.25, 0.3) is 0 Å². The molecule has 6 fully saturated rings. The lowest BCUT2D eigenvalue weighted by molar-refractivity contribution is -0.287. The van der Waals surface area contributed by atoms with Crippen molar-refractivity contribution in [1.29, 1.82) is 0 Å². The summed E-state index contributed by atoms with van der Waals surface area (Å²) in [6.07, 6.45) is 1.75. The third-order valence-corrected chi connectivity index (χ3v) is 11.2. The van der Waals surface area contributed by atoms with Gasteiger partial charge in [0.2, 0.25) is 0 Å². The van der Waals surface area contributed by atoms with E-state index in [4.69, 9.17) is 9.47 Å². The van der Waals surface area contributed by atoms with Gasteiger partial charge in [0.05, 0.1) is 30.0 Å². The molecule has 5 saturated carbocycles. The molecule has 13 unspecified atom stereocenters. The monoisotopic (exact) mass is 407 g/mol. The molecule has 6 rings (SSSR count). The molecule has 7 bridgehead atoms. The summed E-state index contributed by atoms with van der Waals surface area (Å²) in [5.74, 6) is 0.926. The number of nitrogens with zero attached hydrogens (tertiary/aromatic N) is 1. The predicted octanol–water partition coefficient (Wildman–Crippen LogP) is 0.876. The summed E-state index contributed by atoms with van der Waals surface area (Å²) in [5, 5.41) is 34.3. The Labute approximate surface area is 173 Å². The highest BCUT2D eigenvalue weighted by Gasteiger charge is 2.84. The molecular weight excluding hydrogens is 370 g/mol. The second kappa shape index (κ2) is 5.76. The van der Waals surface area contributed by atoms with Gasteiger partial charge in [0.1, 0.15) is 0 Å². The lowest BCUT2D eigenvalue weighted by atomic mass is 9.43. The van der Waals surface area contributed by atoms with Crippen LogP contribution in [0.15, 0.2) is 0 Å².